The van der Waals surface area contributed by atoms with E-state index in [1.54, 1.807) is 7.11 Å². The van der Waals surface area contributed by atoms with Crippen LogP contribution in [-0.2, 0) is 19.6 Å². The van der Waals surface area contributed by atoms with Crippen molar-refractivity contribution in [3.63, 3.8) is 0 Å². The monoisotopic (exact) mass is 491 g/mol. The van der Waals surface area contributed by atoms with Gasteiger partial charge in [-0.25, -0.2) is 0 Å². The summed E-state index contributed by atoms with van der Waals surface area (Å²) in [5.74, 6) is 2.23. The van der Waals surface area contributed by atoms with E-state index in [0.29, 0.717) is 11.1 Å². The van der Waals surface area contributed by atoms with Gasteiger partial charge >= 0.3 is 0 Å². The molecule has 8 heteroatoms. The molecule has 2 aromatic carbocycles. The van der Waals surface area contributed by atoms with Crippen LogP contribution in [0.2, 0.25) is 0 Å². The standard InChI is InChI=1S/C27H29N3O4S/c1-18-6-5-7-23(14-18)33-16-26-28-29-27(34-26)35-17-25(31)24-15-19(2)30(20(24)3)13-12-21-8-10-22(32-4)11-9-21/h5-11,14-15H,12-13,16-17H2,1-4H3. The molecular formula is C27H29N3O4S. The van der Waals surface area contributed by atoms with E-state index in [-0.39, 0.29) is 18.1 Å². The van der Waals surface area contributed by atoms with Crippen molar-refractivity contribution in [2.24, 2.45) is 0 Å². The van der Waals surface area contributed by atoms with Gasteiger partial charge in [-0.05, 0) is 68.7 Å². The van der Waals surface area contributed by atoms with Crippen LogP contribution in [0.25, 0.3) is 0 Å². The van der Waals surface area contributed by atoms with Crippen LogP contribution in [0, 0.1) is 20.8 Å². The number of nitrogens with zero attached hydrogens (tertiary/aromatic N) is 3. The van der Waals surface area contributed by atoms with Gasteiger partial charge in [-0.1, -0.05) is 36.0 Å². The molecule has 2 heterocycles. The minimum absolute atomic E-state index is 0.0366. The van der Waals surface area contributed by atoms with E-state index in [0.717, 1.165) is 47.0 Å². The molecule has 0 saturated carbocycles. The molecular weight excluding hydrogens is 462 g/mol. The first kappa shape index (κ1) is 24.6. The van der Waals surface area contributed by atoms with Gasteiger partial charge in [0.2, 0.25) is 0 Å². The van der Waals surface area contributed by atoms with Gasteiger partial charge in [0.15, 0.2) is 12.4 Å². The van der Waals surface area contributed by atoms with E-state index in [1.807, 2.05) is 63.2 Å². The number of methoxy groups -OCH3 is 1. The average molecular weight is 492 g/mol. The maximum absolute atomic E-state index is 12.9. The highest BCUT2D eigenvalue weighted by molar-refractivity contribution is 7.99. The quantitative estimate of drug-likeness (QED) is 0.199. The third kappa shape index (κ3) is 6.33. The first-order valence-corrected chi connectivity index (χ1v) is 12.4. The predicted molar refractivity (Wildman–Crippen MR) is 135 cm³/mol. The first-order chi connectivity index (χ1) is 16.9. The fourth-order valence-electron chi connectivity index (χ4n) is 3.87. The summed E-state index contributed by atoms with van der Waals surface area (Å²) in [6.07, 6.45) is 0.873. The fourth-order valence-corrected chi connectivity index (χ4v) is 4.53. The van der Waals surface area contributed by atoms with E-state index in [2.05, 4.69) is 26.9 Å². The summed E-state index contributed by atoms with van der Waals surface area (Å²) in [4.78, 5) is 12.9. The zero-order valence-electron chi connectivity index (χ0n) is 20.4. The number of Topliss-reactive ketones (excluding diaryl/α,β-unsaturated/α-hetero) is 1. The van der Waals surface area contributed by atoms with E-state index in [1.165, 1.54) is 17.3 Å². The molecule has 7 nitrogen and oxygen atoms in total. The molecule has 0 saturated heterocycles. The minimum atomic E-state index is 0.0366. The second kappa shape index (κ2) is 11.3. The lowest BCUT2D eigenvalue weighted by Gasteiger charge is -2.10. The van der Waals surface area contributed by atoms with Crippen molar-refractivity contribution in [3.05, 3.63) is 88.6 Å². The van der Waals surface area contributed by atoms with Gasteiger partial charge in [-0.2, -0.15) is 0 Å². The van der Waals surface area contributed by atoms with Crippen LogP contribution >= 0.6 is 11.8 Å². The van der Waals surface area contributed by atoms with Crippen molar-refractivity contribution in [2.45, 2.75) is 45.6 Å². The Balaban J connectivity index is 1.31. The zero-order valence-corrected chi connectivity index (χ0v) is 21.2. The van der Waals surface area contributed by atoms with E-state index in [9.17, 15) is 4.79 Å². The van der Waals surface area contributed by atoms with E-state index in [4.69, 9.17) is 13.9 Å². The van der Waals surface area contributed by atoms with E-state index < -0.39 is 0 Å². The highest BCUT2D eigenvalue weighted by atomic mass is 32.2. The van der Waals surface area contributed by atoms with Crippen LogP contribution in [0.4, 0.5) is 0 Å². The van der Waals surface area contributed by atoms with Crippen LogP contribution in [0.5, 0.6) is 11.5 Å². The van der Waals surface area contributed by atoms with Gasteiger partial charge in [0, 0.05) is 23.5 Å². The highest BCUT2D eigenvalue weighted by Gasteiger charge is 2.17. The number of ketones is 1. The maximum Gasteiger partial charge on any atom is 0.277 e. The Bertz CT molecular complexity index is 1290. The van der Waals surface area contributed by atoms with Crippen LogP contribution in [0.3, 0.4) is 0 Å². The number of carbonyl (C=O) groups is 1. The molecule has 182 valence electrons. The fraction of sp³-hybridized carbons (Fsp3) is 0.296. The second-order valence-electron chi connectivity index (χ2n) is 8.31. The first-order valence-electron chi connectivity index (χ1n) is 11.4. The van der Waals surface area contributed by atoms with Gasteiger partial charge in [0.25, 0.3) is 11.1 Å². The number of carbonyl (C=O) groups excluding carboxylic acids is 1. The molecule has 0 amide bonds. The van der Waals surface area contributed by atoms with Crippen LogP contribution in [0.15, 0.2) is 64.2 Å². The Morgan fingerprint density at radius 2 is 1.83 bits per heavy atom. The van der Waals surface area contributed by atoms with Crippen LogP contribution in [-0.4, -0.2) is 33.4 Å². The molecule has 0 aliphatic carbocycles. The normalized spacial score (nSPS) is 11.0. The molecule has 0 unspecified atom stereocenters. The Morgan fingerprint density at radius 3 is 2.57 bits per heavy atom. The Labute approximate surface area is 209 Å². The number of thioether (sulfide) groups is 1. The number of hydrogen-bond acceptors (Lipinski definition) is 7. The Kier molecular flexibility index (Phi) is 7.92. The van der Waals surface area contributed by atoms with Gasteiger partial charge < -0.3 is 18.5 Å². The summed E-state index contributed by atoms with van der Waals surface area (Å²) in [5.41, 5.74) is 5.10. The van der Waals surface area contributed by atoms with E-state index >= 15 is 0 Å². The number of benzene rings is 2. The second-order valence-corrected chi connectivity index (χ2v) is 9.24. The van der Waals surface area contributed by atoms with Gasteiger partial charge in [0.1, 0.15) is 11.5 Å². The van der Waals surface area contributed by atoms with Crippen LogP contribution < -0.4 is 9.47 Å². The van der Waals surface area contributed by atoms with Crippen molar-refractivity contribution in [1.29, 1.82) is 0 Å². The average Bonchev–Trinajstić information content (AvgIpc) is 3.44. The molecule has 0 spiro atoms. The number of aromatic nitrogens is 3. The number of aryl methyl sites for hydroxylation is 3. The molecule has 4 aromatic rings. The van der Waals surface area contributed by atoms with Crippen molar-refractivity contribution in [3.8, 4) is 11.5 Å². The Morgan fingerprint density at radius 1 is 1.03 bits per heavy atom. The lowest BCUT2D eigenvalue weighted by molar-refractivity contribution is 0.102. The smallest absolute Gasteiger partial charge is 0.277 e. The molecule has 0 bridgehead atoms. The highest BCUT2D eigenvalue weighted by Crippen LogP contribution is 2.23. The van der Waals surface area contributed by atoms with Crippen LogP contribution in [0.1, 0.15) is 38.8 Å². The SMILES string of the molecule is COc1ccc(CCn2c(C)cc(C(=O)CSc3nnc(COc4cccc(C)c4)o3)c2C)cc1. The van der Waals surface area contributed by atoms with Crippen molar-refractivity contribution < 1.29 is 18.7 Å². The molecule has 0 fully saturated rings. The minimum Gasteiger partial charge on any atom is -0.497 e. The largest absolute Gasteiger partial charge is 0.497 e. The van der Waals surface area contributed by atoms with Crippen molar-refractivity contribution in [1.82, 2.24) is 14.8 Å². The van der Waals surface area contributed by atoms with Gasteiger partial charge in [-0.15, -0.1) is 10.2 Å². The number of ether oxygens (including phenoxy) is 2. The van der Waals surface area contributed by atoms with Gasteiger partial charge in [0.05, 0.1) is 12.9 Å². The summed E-state index contributed by atoms with van der Waals surface area (Å²) >= 11 is 1.24. The third-order valence-electron chi connectivity index (χ3n) is 5.78. The predicted octanol–water partition coefficient (Wildman–Crippen LogP) is 5.60. The topological polar surface area (TPSA) is 79.4 Å². The summed E-state index contributed by atoms with van der Waals surface area (Å²) < 4.78 is 18.7. The number of rotatable bonds is 11. The summed E-state index contributed by atoms with van der Waals surface area (Å²) in [7, 11) is 1.66. The lowest BCUT2D eigenvalue weighted by Crippen LogP contribution is -2.08. The third-order valence-corrected chi connectivity index (χ3v) is 6.60. The zero-order chi connectivity index (χ0) is 24.8. The molecule has 0 aliphatic rings. The number of hydrogen-bond donors (Lipinski definition) is 0. The van der Waals surface area contributed by atoms with Crippen molar-refractivity contribution in [2.75, 3.05) is 12.9 Å². The molecule has 35 heavy (non-hydrogen) atoms. The summed E-state index contributed by atoms with van der Waals surface area (Å²) in [6.45, 7) is 7.01. The molecule has 0 radical (unpaired) electrons. The maximum atomic E-state index is 12.9. The van der Waals surface area contributed by atoms with Crippen molar-refractivity contribution >= 4 is 17.5 Å². The molecule has 2 aromatic heterocycles. The molecule has 4 rings (SSSR count). The van der Waals surface area contributed by atoms with Gasteiger partial charge in [-0.3, -0.25) is 4.79 Å². The Hall–Kier alpha value is -3.52. The lowest BCUT2D eigenvalue weighted by atomic mass is 10.1. The molecule has 0 aliphatic heterocycles. The summed E-state index contributed by atoms with van der Waals surface area (Å²) in [5, 5.41) is 8.41. The molecule has 0 atom stereocenters. The molecule has 0 N–H and O–H groups in total. The summed E-state index contributed by atoms with van der Waals surface area (Å²) in [6, 6.07) is 17.8.